The molecule has 0 unspecified atom stereocenters. The number of rotatable bonds is 5. The Hall–Kier alpha value is -3.96. The van der Waals surface area contributed by atoms with Gasteiger partial charge in [0.15, 0.2) is 0 Å². The maximum Gasteiger partial charge on any atom is 0.416 e. The number of nitrogens with two attached hydrogens (primary N) is 1. The van der Waals surface area contributed by atoms with Crippen LogP contribution in [0.3, 0.4) is 0 Å². The molecule has 4 rings (SSSR count). The van der Waals surface area contributed by atoms with E-state index >= 15 is 0 Å². The number of halogens is 3. The molecule has 0 saturated heterocycles. The molecule has 0 bridgehead atoms. The highest BCUT2D eigenvalue weighted by Gasteiger charge is 2.30. The fourth-order valence-corrected chi connectivity index (χ4v) is 4.04. The van der Waals surface area contributed by atoms with Gasteiger partial charge in [-0.2, -0.15) is 13.2 Å². The second-order valence-corrected chi connectivity index (χ2v) is 9.27. The molecule has 0 aliphatic heterocycles. The van der Waals surface area contributed by atoms with Crippen LogP contribution in [0.25, 0.3) is 21.9 Å². The zero-order valence-corrected chi connectivity index (χ0v) is 18.7. The van der Waals surface area contributed by atoms with Gasteiger partial charge >= 0.3 is 6.18 Å². The van der Waals surface area contributed by atoms with Gasteiger partial charge in [-0.3, -0.25) is 14.8 Å². The second kappa shape index (κ2) is 9.01. The molecular formula is C24H18F3N3O4S. The number of hydrogen-bond donors (Lipinski definition) is 3. The molecule has 7 nitrogen and oxygen atoms in total. The van der Waals surface area contributed by atoms with Gasteiger partial charge < -0.3 is 5.11 Å². The Morgan fingerprint density at radius 3 is 2.17 bits per heavy atom. The number of aromatic nitrogens is 1. The molecule has 0 radical (unpaired) electrons. The summed E-state index contributed by atoms with van der Waals surface area (Å²) in [5.41, 5.74) is 0.622. The van der Waals surface area contributed by atoms with Gasteiger partial charge in [0.1, 0.15) is 0 Å². The molecule has 0 amide bonds. The van der Waals surface area contributed by atoms with Gasteiger partial charge in [0.05, 0.1) is 22.6 Å². The lowest BCUT2D eigenvalue weighted by Gasteiger charge is -2.10. The highest BCUT2D eigenvalue weighted by atomic mass is 32.2. The number of aromatic hydroxyl groups is 1. The Morgan fingerprint density at radius 2 is 1.57 bits per heavy atom. The summed E-state index contributed by atoms with van der Waals surface area (Å²) in [5.74, 6) is -0.416. The number of H-pyrrole nitrogens is 1. The number of fused-ring (bicyclic) bond motifs is 1. The van der Waals surface area contributed by atoms with Crippen molar-refractivity contribution in [3.05, 3.63) is 93.8 Å². The average molecular weight is 501 g/mol. The number of sulfonamides is 1. The molecule has 0 aliphatic rings. The molecule has 0 saturated carbocycles. The largest absolute Gasteiger partial charge is 0.494 e. The third-order valence-corrected chi connectivity index (χ3v) is 6.26. The monoisotopic (exact) mass is 501 g/mol. The van der Waals surface area contributed by atoms with Crippen LogP contribution in [0.15, 0.2) is 81.4 Å². The Kier molecular flexibility index (Phi) is 6.22. The van der Waals surface area contributed by atoms with Crippen molar-refractivity contribution in [1.82, 2.24) is 4.98 Å². The maximum atomic E-state index is 12.9. The molecule has 0 aliphatic carbocycles. The van der Waals surface area contributed by atoms with Crippen molar-refractivity contribution >= 4 is 27.0 Å². The average Bonchev–Trinajstić information content (AvgIpc) is 2.80. The fraction of sp³-hybridized carbons (Fsp3) is 0.0833. The van der Waals surface area contributed by atoms with Gasteiger partial charge in [0, 0.05) is 17.0 Å². The van der Waals surface area contributed by atoms with E-state index in [4.69, 9.17) is 5.14 Å². The summed E-state index contributed by atoms with van der Waals surface area (Å²) in [6.07, 6.45) is -3.10. The summed E-state index contributed by atoms with van der Waals surface area (Å²) in [4.78, 5) is 18.9. The lowest BCUT2D eigenvalue weighted by atomic mass is 9.99. The van der Waals surface area contributed by atoms with Crippen molar-refractivity contribution < 1.29 is 26.7 Å². The van der Waals surface area contributed by atoms with Crippen LogP contribution < -0.4 is 10.7 Å². The number of aliphatic imine (C=N–C) groups is 1. The van der Waals surface area contributed by atoms with Crippen molar-refractivity contribution in [2.75, 3.05) is 0 Å². The third-order valence-electron chi connectivity index (χ3n) is 5.33. The van der Waals surface area contributed by atoms with E-state index in [-0.39, 0.29) is 22.4 Å². The minimum atomic E-state index is -4.45. The molecule has 0 spiro atoms. The molecule has 1 heterocycles. The van der Waals surface area contributed by atoms with Gasteiger partial charge in [-0.1, -0.05) is 30.3 Å². The SMILES string of the molecule is NS(=O)(=O)c1ccc(CN=Cc2c(O)[nH]c(=O)c3ccc(-c4ccc(C(F)(F)F)cc4)cc23)cc1. The van der Waals surface area contributed by atoms with E-state index in [0.29, 0.717) is 22.1 Å². The van der Waals surface area contributed by atoms with E-state index in [2.05, 4.69) is 9.98 Å². The number of primary sulfonamides is 1. The number of pyridine rings is 1. The van der Waals surface area contributed by atoms with E-state index in [0.717, 1.165) is 12.1 Å². The zero-order chi connectivity index (χ0) is 25.4. The maximum absolute atomic E-state index is 12.9. The van der Waals surface area contributed by atoms with Crippen LogP contribution in [0.1, 0.15) is 16.7 Å². The van der Waals surface area contributed by atoms with Crippen LogP contribution in [-0.2, 0) is 22.7 Å². The van der Waals surface area contributed by atoms with E-state index in [1.807, 2.05) is 0 Å². The number of aromatic amines is 1. The van der Waals surface area contributed by atoms with Crippen LogP contribution in [0.5, 0.6) is 5.88 Å². The fourth-order valence-electron chi connectivity index (χ4n) is 3.52. The first-order chi connectivity index (χ1) is 16.4. The summed E-state index contributed by atoms with van der Waals surface area (Å²) < 4.78 is 61.3. The molecule has 180 valence electrons. The van der Waals surface area contributed by atoms with E-state index < -0.39 is 33.2 Å². The summed E-state index contributed by atoms with van der Waals surface area (Å²) in [5, 5.41) is 16.0. The highest BCUT2D eigenvalue weighted by Crippen LogP contribution is 2.32. The molecule has 11 heteroatoms. The number of hydrogen-bond acceptors (Lipinski definition) is 5. The summed E-state index contributed by atoms with van der Waals surface area (Å²) >= 11 is 0. The van der Waals surface area contributed by atoms with Crippen molar-refractivity contribution in [2.24, 2.45) is 10.1 Å². The Bertz CT molecular complexity index is 1590. The molecule has 0 atom stereocenters. The van der Waals surface area contributed by atoms with Gasteiger partial charge in [0.25, 0.3) is 5.56 Å². The molecule has 35 heavy (non-hydrogen) atoms. The molecule has 1 aromatic heterocycles. The van der Waals surface area contributed by atoms with Gasteiger partial charge in [-0.15, -0.1) is 0 Å². The van der Waals surface area contributed by atoms with Crippen molar-refractivity contribution in [1.29, 1.82) is 0 Å². The molecule has 0 fully saturated rings. The minimum Gasteiger partial charge on any atom is -0.494 e. The van der Waals surface area contributed by atoms with Crippen LogP contribution >= 0.6 is 0 Å². The van der Waals surface area contributed by atoms with Crippen LogP contribution in [0.2, 0.25) is 0 Å². The molecular weight excluding hydrogens is 483 g/mol. The Balaban J connectivity index is 1.69. The first-order valence-corrected chi connectivity index (χ1v) is 11.7. The van der Waals surface area contributed by atoms with E-state index in [9.17, 15) is 31.5 Å². The number of nitrogens with one attached hydrogen (secondary N) is 1. The summed E-state index contributed by atoms with van der Waals surface area (Å²) in [6.45, 7) is 0.142. The van der Waals surface area contributed by atoms with Crippen LogP contribution in [0.4, 0.5) is 13.2 Å². The van der Waals surface area contributed by atoms with Crippen LogP contribution in [-0.4, -0.2) is 24.7 Å². The standard InChI is InChI=1S/C24H18F3N3O4S/c25-24(26,27)17-6-3-15(4-7-17)16-5-10-19-20(11-16)21(23(32)30-22(19)31)13-29-12-14-1-8-18(9-2-14)35(28,33)34/h1-11,13H,12H2,(H2,28,33,34)(H2,30,31,32). The number of alkyl halides is 3. The predicted octanol–water partition coefficient (Wildman–Crippen LogP) is 4.19. The van der Waals surface area contributed by atoms with Crippen LogP contribution in [0, 0.1) is 0 Å². The van der Waals surface area contributed by atoms with Crippen molar-refractivity contribution in [3.63, 3.8) is 0 Å². The number of benzene rings is 3. The van der Waals surface area contributed by atoms with Gasteiger partial charge in [0.2, 0.25) is 15.9 Å². The second-order valence-electron chi connectivity index (χ2n) is 7.71. The Labute approximate surface area is 197 Å². The Morgan fingerprint density at radius 1 is 0.943 bits per heavy atom. The first-order valence-electron chi connectivity index (χ1n) is 10.1. The minimum absolute atomic E-state index is 0.0368. The lowest BCUT2D eigenvalue weighted by Crippen LogP contribution is -2.11. The zero-order valence-electron chi connectivity index (χ0n) is 17.9. The van der Waals surface area contributed by atoms with Crippen molar-refractivity contribution in [2.45, 2.75) is 17.6 Å². The quantitative estimate of drug-likeness (QED) is 0.355. The van der Waals surface area contributed by atoms with Crippen molar-refractivity contribution in [3.8, 4) is 17.0 Å². The summed E-state index contributed by atoms with van der Waals surface area (Å²) in [7, 11) is -3.81. The smallest absolute Gasteiger partial charge is 0.416 e. The molecule has 4 aromatic rings. The lowest BCUT2D eigenvalue weighted by molar-refractivity contribution is -0.137. The summed E-state index contributed by atoms with van der Waals surface area (Å²) in [6, 6.07) is 15.1. The molecule has 4 N–H and O–H groups in total. The topological polar surface area (TPSA) is 126 Å². The predicted molar refractivity (Wildman–Crippen MR) is 126 cm³/mol. The first kappa shape index (κ1) is 24.2. The van der Waals surface area contributed by atoms with E-state index in [1.165, 1.54) is 36.5 Å². The molecule has 3 aromatic carbocycles. The van der Waals surface area contributed by atoms with Gasteiger partial charge in [-0.25, -0.2) is 13.6 Å². The normalized spacial score (nSPS) is 12.5. The highest BCUT2D eigenvalue weighted by molar-refractivity contribution is 7.89. The van der Waals surface area contributed by atoms with Gasteiger partial charge in [-0.05, 0) is 53.1 Å². The number of nitrogens with zero attached hydrogens (tertiary/aromatic N) is 1. The third kappa shape index (κ3) is 5.26. The van der Waals surface area contributed by atoms with E-state index in [1.54, 1.807) is 24.3 Å².